The van der Waals surface area contributed by atoms with E-state index >= 15 is 0 Å². The Morgan fingerprint density at radius 2 is 1.90 bits per heavy atom. The molecule has 1 aliphatic heterocycles. The van der Waals surface area contributed by atoms with E-state index in [1.807, 2.05) is 13.0 Å². The summed E-state index contributed by atoms with van der Waals surface area (Å²) in [4.78, 5) is 12.9. The molecule has 0 atom stereocenters. The Morgan fingerprint density at radius 1 is 1.23 bits per heavy atom. The first-order valence-electron chi connectivity index (χ1n) is 8.90. The van der Waals surface area contributed by atoms with Gasteiger partial charge in [0.1, 0.15) is 0 Å². The molecule has 10 heteroatoms. The Balaban J connectivity index is 1.94. The molecule has 2 aromatic rings. The quantitative estimate of drug-likeness (QED) is 0.620. The molecule has 1 aliphatic rings. The van der Waals surface area contributed by atoms with E-state index in [9.17, 15) is 13.2 Å². The number of hydrogen-bond donors (Lipinski definition) is 1. The molecular weight excluding hydrogens is 474 g/mol. The second-order valence-corrected chi connectivity index (χ2v) is 8.78. The van der Waals surface area contributed by atoms with E-state index in [-0.39, 0.29) is 10.8 Å². The first-order chi connectivity index (χ1) is 14.2. The molecule has 0 aliphatic carbocycles. The van der Waals surface area contributed by atoms with Crippen LogP contribution in [0.25, 0.3) is 6.08 Å². The summed E-state index contributed by atoms with van der Waals surface area (Å²) in [7, 11) is -2.27. The summed E-state index contributed by atoms with van der Waals surface area (Å²) in [5.41, 5.74) is 2.09. The van der Waals surface area contributed by atoms with Crippen molar-refractivity contribution in [3.63, 3.8) is 0 Å². The van der Waals surface area contributed by atoms with Crippen molar-refractivity contribution in [2.24, 2.45) is 10.2 Å². The molecule has 0 saturated carbocycles. The van der Waals surface area contributed by atoms with Crippen LogP contribution < -0.4 is 19.6 Å². The Kier molecular flexibility index (Phi) is 6.30. The van der Waals surface area contributed by atoms with Crippen LogP contribution in [0.3, 0.4) is 0 Å². The van der Waals surface area contributed by atoms with Gasteiger partial charge in [0.25, 0.3) is 5.91 Å². The fraction of sp³-hybridized carbons (Fsp3) is 0.200. The van der Waals surface area contributed by atoms with Crippen molar-refractivity contribution in [3.8, 4) is 11.5 Å². The maximum atomic E-state index is 12.9. The van der Waals surface area contributed by atoms with Crippen LogP contribution in [-0.2, 0) is 14.8 Å². The molecule has 3 rings (SSSR count). The van der Waals surface area contributed by atoms with E-state index in [1.54, 1.807) is 26.2 Å². The Bertz CT molecular complexity index is 1160. The maximum absolute atomic E-state index is 12.9. The molecule has 0 radical (unpaired) electrons. The second-order valence-electron chi connectivity index (χ2n) is 6.37. The number of nitrogens with zero attached hydrogens (tertiary/aromatic N) is 2. The molecule has 0 fully saturated rings. The highest BCUT2D eigenvalue weighted by Crippen LogP contribution is 2.37. The number of methoxy groups -OCH3 is 1. The molecule has 2 N–H and O–H groups in total. The standard InChI is InChI=1S/C20H20BrN3O5S/c1-4-29-19-17(21)10-13(11-18(19)28-3)9-16-12(2)23-24(20(16)25)14-5-7-15(8-6-14)30(22,26)27/h5-11H,4H2,1-3H3,(H2,22,26,27)/b16-9-. The van der Waals surface area contributed by atoms with Gasteiger partial charge in [-0.25, -0.2) is 13.6 Å². The molecule has 0 spiro atoms. The van der Waals surface area contributed by atoms with Gasteiger partial charge >= 0.3 is 0 Å². The Morgan fingerprint density at radius 3 is 2.47 bits per heavy atom. The van der Waals surface area contributed by atoms with E-state index in [1.165, 1.54) is 29.3 Å². The number of hydrogen-bond acceptors (Lipinski definition) is 6. The molecule has 158 valence electrons. The van der Waals surface area contributed by atoms with Crippen molar-refractivity contribution in [2.45, 2.75) is 18.7 Å². The van der Waals surface area contributed by atoms with Crippen molar-refractivity contribution >= 4 is 49.3 Å². The average molecular weight is 494 g/mol. The first kappa shape index (κ1) is 22.0. The molecular formula is C20H20BrN3O5S. The number of hydrazone groups is 1. The summed E-state index contributed by atoms with van der Waals surface area (Å²) >= 11 is 3.47. The number of carbonyl (C=O) groups is 1. The van der Waals surface area contributed by atoms with Gasteiger partial charge in [0, 0.05) is 0 Å². The summed E-state index contributed by atoms with van der Waals surface area (Å²) < 4.78 is 34.5. The minimum Gasteiger partial charge on any atom is -0.493 e. The van der Waals surface area contributed by atoms with Gasteiger partial charge in [-0.2, -0.15) is 10.1 Å². The van der Waals surface area contributed by atoms with E-state index in [2.05, 4.69) is 21.0 Å². The van der Waals surface area contributed by atoms with Crippen LogP contribution in [0.4, 0.5) is 5.69 Å². The van der Waals surface area contributed by atoms with Crippen molar-refractivity contribution in [3.05, 3.63) is 52.0 Å². The molecule has 0 aromatic heterocycles. The van der Waals surface area contributed by atoms with Crippen LogP contribution in [0.15, 0.2) is 56.4 Å². The molecule has 30 heavy (non-hydrogen) atoms. The van der Waals surface area contributed by atoms with Crippen LogP contribution in [-0.4, -0.2) is 33.8 Å². The van der Waals surface area contributed by atoms with E-state index in [0.717, 1.165) is 5.56 Å². The van der Waals surface area contributed by atoms with Crippen molar-refractivity contribution < 1.29 is 22.7 Å². The van der Waals surface area contributed by atoms with Gasteiger partial charge in [-0.1, -0.05) is 0 Å². The van der Waals surface area contributed by atoms with Crippen LogP contribution in [0.2, 0.25) is 0 Å². The van der Waals surface area contributed by atoms with Crippen LogP contribution in [0, 0.1) is 0 Å². The highest BCUT2D eigenvalue weighted by atomic mass is 79.9. The van der Waals surface area contributed by atoms with E-state index < -0.39 is 10.0 Å². The number of nitrogens with two attached hydrogens (primary N) is 1. The lowest BCUT2D eigenvalue weighted by Crippen LogP contribution is -2.21. The molecule has 1 heterocycles. The number of primary sulfonamides is 1. The Hall–Kier alpha value is -2.69. The summed E-state index contributed by atoms with van der Waals surface area (Å²) in [6, 6.07) is 9.22. The second kappa shape index (κ2) is 8.58. The monoisotopic (exact) mass is 493 g/mol. The number of anilines is 1. The number of sulfonamides is 1. The van der Waals surface area contributed by atoms with E-state index in [4.69, 9.17) is 14.6 Å². The van der Waals surface area contributed by atoms with Crippen LogP contribution >= 0.6 is 15.9 Å². The van der Waals surface area contributed by atoms with Gasteiger partial charge in [-0.05, 0) is 77.8 Å². The van der Waals surface area contributed by atoms with Crippen molar-refractivity contribution in [1.82, 2.24) is 0 Å². The first-order valence-corrected chi connectivity index (χ1v) is 11.2. The van der Waals surface area contributed by atoms with E-state index in [0.29, 0.717) is 39.6 Å². The summed E-state index contributed by atoms with van der Waals surface area (Å²) in [5.74, 6) is 0.787. The van der Waals surface area contributed by atoms with Crippen LogP contribution in [0.5, 0.6) is 11.5 Å². The number of rotatable bonds is 6. The number of benzene rings is 2. The molecule has 2 aromatic carbocycles. The van der Waals surface area contributed by atoms with Crippen molar-refractivity contribution in [2.75, 3.05) is 18.7 Å². The Labute approximate surface area is 183 Å². The number of halogens is 1. The smallest absolute Gasteiger partial charge is 0.280 e. The lowest BCUT2D eigenvalue weighted by atomic mass is 10.1. The predicted octanol–water partition coefficient (Wildman–Crippen LogP) is 3.31. The van der Waals surface area contributed by atoms with Crippen LogP contribution in [0.1, 0.15) is 19.4 Å². The summed E-state index contributed by atoms with van der Waals surface area (Å²) in [6.07, 6.45) is 1.71. The van der Waals surface area contributed by atoms with Crippen molar-refractivity contribution in [1.29, 1.82) is 0 Å². The summed E-state index contributed by atoms with van der Waals surface area (Å²) in [5, 5.41) is 10.6. The highest BCUT2D eigenvalue weighted by molar-refractivity contribution is 9.10. The normalized spacial score (nSPS) is 15.5. The maximum Gasteiger partial charge on any atom is 0.280 e. The number of amides is 1. The van der Waals surface area contributed by atoms with Gasteiger partial charge in [0.15, 0.2) is 11.5 Å². The molecule has 1 amide bonds. The number of ether oxygens (including phenoxy) is 2. The zero-order valence-electron chi connectivity index (χ0n) is 16.5. The lowest BCUT2D eigenvalue weighted by Gasteiger charge is -2.13. The topological polar surface area (TPSA) is 111 Å². The minimum atomic E-state index is -3.81. The highest BCUT2D eigenvalue weighted by Gasteiger charge is 2.29. The van der Waals surface area contributed by atoms with Gasteiger partial charge < -0.3 is 9.47 Å². The minimum absolute atomic E-state index is 0.0410. The average Bonchev–Trinajstić information content (AvgIpc) is 2.97. The third kappa shape index (κ3) is 4.40. The van der Waals surface area contributed by atoms with Gasteiger partial charge in [0.05, 0.1) is 40.1 Å². The molecule has 0 unspecified atom stereocenters. The third-order valence-corrected chi connectivity index (χ3v) is 5.84. The van der Waals surface area contributed by atoms with Gasteiger partial charge in [0.2, 0.25) is 10.0 Å². The zero-order chi connectivity index (χ0) is 22.1. The molecule has 8 nitrogen and oxygen atoms in total. The van der Waals surface area contributed by atoms with Gasteiger partial charge in [-0.3, -0.25) is 4.79 Å². The summed E-state index contributed by atoms with van der Waals surface area (Å²) in [6.45, 7) is 4.09. The van der Waals surface area contributed by atoms with Gasteiger partial charge in [-0.15, -0.1) is 0 Å². The third-order valence-electron chi connectivity index (χ3n) is 4.32. The fourth-order valence-electron chi connectivity index (χ4n) is 2.91. The lowest BCUT2D eigenvalue weighted by molar-refractivity contribution is -0.114. The fourth-order valence-corrected chi connectivity index (χ4v) is 4.00. The molecule has 0 bridgehead atoms. The predicted molar refractivity (Wildman–Crippen MR) is 118 cm³/mol. The number of carbonyl (C=O) groups excluding carboxylic acids is 1. The largest absolute Gasteiger partial charge is 0.493 e. The molecule has 0 saturated heterocycles. The SMILES string of the molecule is CCOc1c(Br)cc(/C=C2\C(=O)N(c3ccc(S(N)(=O)=O)cc3)N=C2C)cc1OC. The zero-order valence-corrected chi connectivity index (χ0v) is 19.0.